The second-order valence-corrected chi connectivity index (χ2v) is 4.99. The lowest BCUT2D eigenvalue weighted by atomic mass is 10.2. The highest BCUT2D eigenvalue weighted by molar-refractivity contribution is 6.42. The molecule has 0 spiro atoms. The van der Waals surface area contributed by atoms with Gasteiger partial charge in [0.1, 0.15) is 0 Å². The van der Waals surface area contributed by atoms with Crippen molar-refractivity contribution in [2.75, 3.05) is 13.7 Å². The van der Waals surface area contributed by atoms with E-state index in [1.54, 1.807) is 24.1 Å². The molecule has 0 saturated carbocycles. The van der Waals surface area contributed by atoms with Crippen molar-refractivity contribution < 1.29 is 9.90 Å². The van der Waals surface area contributed by atoms with Gasteiger partial charge in [0.2, 0.25) is 5.91 Å². The molecule has 100 valence electrons. The number of carbonyl (C=O) groups is 1. The molecular weight excluding hydrogens is 273 g/mol. The van der Waals surface area contributed by atoms with E-state index in [9.17, 15) is 4.79 Å². The molecule has 5 heteroatoms. The number of nitrogens with zero attached hydrogens (tertiary/aromatic N) is 1. The van der Waals surface area contributed by atoms with Gasteiger partial charge in [-0.2, -0.15) is 0 Å². The van der Waals surface area contributed by atoms with Crippen molar-refractivity contribution in [3.05, 3.63) is 33.8 Å². The fourth-order valence-corrected chi connectivity index (χ4v) is 1.90. The van der Waals surface area contributed by atoms with Crippen LogP contribution in [-0.4, -0.2) is 29.6 Å². The van der Waals surface area contributed by atoms with Gasteiger partial charge in [0.15, 0.2) is 0 Å². The molecule has 0 aliphatic carbocycles. The van der Waals surface area contributed by atoms with Gasteiger partial charge in [-0.3, -0.25) is 4.79 Å². The number of rotatable bonds is 6. The molecular formula is C13H17Cl2NO2. The highest BCUT2D eigenvalue weighted by Crippen LogP contribution is 2.23. The Hall–Kier alpha value is -0.770. The maximum atomic E-state index is 11.8. The minimum absolute atomic E-state index is 0.0644. The van der Waals surface area contributed by atoms with Crippen molar-refractivity contribution in [2.24, 2.45) is 0 Å². The van der Waals surface area contributed by atoms with E-state index >= 15 is 0 Å². The molecule has 0 unspecified atom stereocenters. The number of carbonyl (C=O) groups excluding carboxylic acids is 1. The predicted octanol–water partition coefficient (Wildman–Crippen LogP) is 3.11. The normalized spacial score (nSPS) is 10.4. The summed E-state index contributed by atoms with van der Waals surface area (Å²) in [5.41, 5.74) is 0.947. The molecule has 0 bridgehead atoms. The van der Waals surface area contributed by atoms with Crippen molar-refractivity contribution in [2.45, 2.75) is 25.8 Å². The van der Waals surface area contributed by atoms with Gasteiger partial charge >= 0.3 is 0 Å². The first kappa shape index (κ1) is 15.3. The summed E-state index contributed by atoms with van der Waals surface area (Å²) in [6.07, 6.45) is 1.83. The van der Waals surface area contributed by atoms with E-state index in [4.69, 9.17) is 28.3 Å². The summed E-state index contributed by atoms with van der Waals surface area (Å²) in [6, 6.07) is 5.34. The van der Waals surface area contributed by atoms with Crippen LogP contribution < -0.4 is 0 Å². The van der Waals surface area contributed by atoms with Crippen LogP contribution in [0.4, 0.5) is 0 Å². The van der Waals surface area contributed by atoms with Crippen molar-refractivity contribution in [3.63, 3.8) is 0 Å². The molecule has 1 rings (SSSR count). The van der Waals surface area contributed by atoms with Crippen LogP contribution in [-0.2, 0) is 11.3 Å². The third-order valence-electron chi connectivity index (χ3n) is 2.63. The van der Waals surface area contributed by atoms with Crippen LogP contribution in [0.25, 0.3) is 0 Å². The number of hydrogen-bond donors (Lipinski definition) is 1. The van der Waals surface area contributed by atoms with Crippen LogP contribution in [0.2, 0.25) is 10.0 Å². The second kappa shape index (κ2) is 7.62. The lowest BCUT2D eigenvalue weighted by Gasteiger charge is -2.17. The Bertz CT molecular complexity index is 410. The van der Waals surface area contributed by atoms with Crippen molar-refractivity contribution in [1.82, 2.24) is 4.90 Å². The number of aliphatic hydroxyl groups is 1. The van der Waals surface area contributed by atoms with Gasteiger partial charge in [-0.05, 0) is 30.5 Å². The minimum atomic E-state index is 0.0644. The largest absolute Gasteiger partial charge is 0.396 e. The summed E-state index contributed by atoms with van der Waals surface area (Å²) in [7, 11) is 1.75. The van der Waals surface area contributed by atoms with Gasteiger partial charge in [-0.15, -0.1) is 0 Å². The quantitative estimate of drug-likeness (QED) is 0.818. The summed E-state index contributed by atoms with van der Waals surface area (Å²) in [5.74, 6) is 0.0644. The highest BCUT2D eigenvalue weighted by Gasteiger charge is 2.09. The molecule has 0 radical (unpaired) electrons. The summed E-state index contributed by atoms with van der Waals surface area (Å²) in [6.45, 7) is 0.638. The smallest absolute Gasteiger partial charge is 0.222 e. The average molecular weight is 290 g/mol. The third kappa shape index (κ3) is 4.84. The Morgan fingerprint density at radius 2 is 2.00 bits per heavy atom. The van der Waals surface area contributed by atoms with Crippen LogP contribution >= 0.6 is 23.2 Å². The standard InChI is InChI=1S/C13H17Cl2NO2/c1-16(13(18)4-2-3-7-17)9-10-5-6-11(14)12(15)8-10/h5-6,8,17H,2-4,7,9H2,1H3. The lowest BCUT2D eigenvalue weighted by molar-refractivity contribution is -0.130. The number of halogens is 2. The van der Waals surface area contributed by atoms with E-state index in [0.717, 1.165) is 5.56 Å². The van der Waals surface area contributed by atoms with Crippen molar-refractivity contribution in [3.8, 4) is 0 Å². The van der Waals surface area contributed by atoms with E-state index in [-0.39, 0.29) is 12.5 Å². The Kier molecular flexibility index (Phi) is 6.47. The van der Waals surface area contributed by atoms with Crippen LogP contribution in [0.5, 0.6) is 0 Å². The molecule has 0 heterocycles. The molecule has 0 fully saturated rings. The molecule has 1 amide bonds. The van der Waals surface area contributed by atoms with Gasteiger partial charge in [-0.25, -0.2) is 0 Å². The zero-order valence-electron chi connectivity index (χ0n) is 10.3. The summed E-state index contributed by atoms with van der Waals surface area (Å²) in [4.78, 5) is 13.4. The molecule has 1 aromatic carbocycles. The zero-order valence-corrected chi connectivity index (χ0v) is 11.8. The van der Waals surface area contributed by atoms with E-state index in [1.165, 1.54) is 0 Å². The van der Waals surface area contributed by atoms with Gasteiger partial charge in [-0.1, -0.05) is 29.3 Å². The Morgan fingerprint density at radius 3 is 2.61 bits per heavy atom. The summed E-state index contributed by atoms with van der Waals surface area (Å²) < 4.78 is 0. The number of aliphatic hydroxyl groups excluding tert-OH is 1. The summed E-state index contributed by atoms with van der Waals surface area (Å²) >= 11 is 11.7. The maximum Gasteiger partial charge on any atom is 0.222 e. The molecule has 0 aliphatic heterocycles. The van der Waals surface area contributed by atoms with Gasteiger partial charge in [0.05, 0.1) is 10.0 Å². The minimum Gasteiger partial charge on any atom is -0.396 e. The fraction of sp³-hybridized carbons (Fsp3) is 0.462. The Labute approximate surface area is 117 Å². The Morgan fingerprint density at radius 1 is 1.28 bits per heavy atom. The Balaban J connectivity index is 2.50. The predicted molar refractivity (Wildman–Crippen MR) is 73.9 cm³/mol. The van der Waals surface area contributed by atoms with Crippen molar-refractivity contribution >= 4 is 29.1 Å². The topological polar surface area (TPSA) is 40.5 Å². The molecule has 3 nitrogen and oxygen atoms in total. The SMILES string of the molecule is CN(Cc1ccc(Cl)c(Cl)c1)C(=O)CCCCO. The maximum absolute atomic E-state index is 11.8. The van der Waals surface area contributed by atoms with E-state index in [0.29, 0.717) is 35.9 Å². The monoisotopic (exact) mass is 289 g/mol. The van der Waals surface area contributed by atoms with Crippen LogP contribution in [0.3, 0.4) is 0 Å². The first-order valence-electron chi connectivity index (χ1n) is 5.83. The molecule has 0 atom stereocenters. The number of amides is 1. The first-order chi connectivity index (χ1) is 8.54. The fourth-order valence-electron chi connectivity index (χ4n) is 1.58. The zero-order chi connectivity index (χ0) is 13.5. The lowest BCUT2D eigenvalue weighted by Crippen LogP contribution is -2.25. The number of benzene rings is 1. The average Bonchev–Trinajstić information content (AvgIpc) is 2.34. The number of unbranched alkanes of at least 4 members (excludes halogenated alkanes) is 1. The van der Waals surface area contributed by atoms with Crippen LogP contribution in [0.1, 0.15) is 24.8 Å². The van der Waals surface area contributed by atoms with Crippen molar-refractivity contribution in [1.29, 1.82) is 0 Å². The third-order valence-corrected chi connectivity index (χ3v) is 3.37. The van der Waals surface area contributed by atoms with E-state index in [1.807, 2.05) is 6.07 Å². The highest BCUT2D eigenvalue weighted by atomic mass is 35.5. The number of hydrogen-bond acceptors (Lipinski definition) is 2. The van der Waals surface area contributed by atoms with Gasteiger partial charge < -0.3 is 10.0 Å². The van der Waals surface area contributed by atoms with E-state index < -0.39 is 0 Å². The molecule has 1 N–H and O–H groups in total. The van der Waals surface area contributed by atoms with Crippen LogP contribution in [0.15, 0.2) is 18.2 Å². The van der Waals surface area contributed by atoms with Gasteiger partial charge in [0, 0.05) is 26.6 Å². The van der Waals surface area contributed by atoms with E-state index in [2.05, 4.69) is 0 Å². The molecule has 18 heavy (non-hydrogen) atoms. The summed E-state index contributed by atoms with van der Waals surface area (Å²) in [5, 5.41) is 9.66. The molecule has 0 saturated heterocycles. The molecule has 1 aromatic rings. The van der Waals surface area contributed by atoms with Gasteiger partial charge in [0.25, 0.3) is 0 Å². The molecule has 0 aliphatic rings. The molecule has 0 aromatic heterocycles. The first-order valence-corrected chi connectivity index (χ1v) is 6.59. The second-order valence-electron chi connectivity index (χ2n) is 4.18. The van der Waals surface area contributed by atoms with Crippen LogP contribution in [0, 0.1) is 0 Å².